The van der Waals surface area contributed by atoms with Gasteiger partial charge in [-0.3, -0.25) is 0 Å². The molecule has 0 unspecified atom stereocenters. The van der Waals surface area contributed by atoms with Crippen molar-refractivity contribution in [1.29, 1.82) is 0 Å². The number of benzene rings is 1. The molecular formula is C15H13N3O2. The average molecular weight is 267 g/mol. The maximum Gasteiger partial charge on any atom is 0.373 e. The summed E-state index contributed by atoms with van der Waals surface area (Å²) in [4.78, 5) is 22.5. The summed E-state index contributed by atoms with van der Waals surface area (Å²) in [7, 11) is 0. The number of nitrogens with zero attached hydrogens (tertiary/aromatic N) is 2. The summed E-state index contributed by atoms with van der Waals surface area (Å²) in [5.74, 6) is -1.29. The van der Waals surface area contributed by atoms with E-state index in [0.29, 0.717) is 11.4 Å². The minimum atomic E-state index is -1.12. The summed E-state index contributed by atoms with van der Waals surface area (Å²) < 4.78 is 0. The van der Waals surface area contributed by atoms with E-state index in [1.54, 1.807) is 13.0 Å². The normalized spacial score (nSPS) is 10.9. The first-order valence-corrected chi connectivity index (χ1v) is 6.23. The standard InChI is InChI=1S/C15H13N3O2/c1-8-7-12(18-14(16-8)15(19)20)13-9(2)17-11-6-4-3-5-10(11)13/h3-7,17H,1-2H3,(H,19,20). The molecule has 0 saturated carbocycles. The Labute approximate surface area is 115 Å². The first-order chi connectivity index (χ1) is 9.56. The molecule has 100 valence electrons. The van der Waals surface area contributed by atoms with Gasteiger partial charge in [0.15, 0.2) is 0 Å². The molecule has 1 aromatic carbocycles. The Morgan fingerprint density at radius 2 is 1.95 bits per heavy atom. The zero-order valence-electron chi connectivity index (χ0n) is 11.1. The van der Waals surface area contributed by atoms with E-state index in [1.165, 1.54) is 0 Å². The van der Waals surface area contributed by atoms with Gasteiger partial charge >= 0.3 is 5.97 Å². The van der Waals surface area contributed by atoms with Gasteiger partial charge in [0.25, 0.3) is 0 Å². The third kappa shape index (κ3) is 1.93. The number of fused-ring (bicyclic) bond motifs is 1. The third-order valence-corrected chi connectivity index (χ3v) is 3.20. The number of rotatable bonds is 2. The quantitative estimate of drug-likeness (QED) is 0.748. The Hall–Kier alpha value is -2.69. The van der Waals surface area contributed by atoms with Crippen molar-refractivity contribution in [3.63, 3.8) is 0 Å². The molecule has 0 aliphatic carbocycles. The fourth-order valence-electron chi connectivity index (χ4n) is 2.40. The van der Waals surface area contributed by atoms with Gasteiger partial charge in [-0.25, -0.2) is 14.8 Å². The van der Waals surface area contributed by atoms with Crippen LogP contribution in [0.5, 0.6) is 0 Å². The minimum absolute atomic E-state index is 0.176. The van der Waals surface area contributed by atoms with Crippen LogP contribution in [0.4, 0.5) is 0 Å². The van der Waals surface area contributed by atoms with Gasteiger partial charge < -0.3 is 10.1 Å². The number of carboxylic acid groups (broad SMARTS) is 1. The molecule has 0 aliphatic rings. The first kappa shape index (κ1) is 12.3. The lowest BCUT2D eigenvalue weighted by Gasteiger charge is -2.04. The lowest BCUT2D eigenvalue weighted by Crippen LogP contribution is -2.06. The van der Waals surface area contributed by atoms with Crippen molar-refractivity contribution in [2.24, 2.45) is 0 Å². The lowest BCUT2D eigenvalue weighted by atomic mass is 10.1. The average Bonchev–Trinajstić information content (AvgIpc) is 2.73. The fourth-order valence-corrected chi connectivity index (χ4v) is 2.40. The van der Waals surface area contributed by atoms with Gasteiger partial charge in [-0.15, -0.1) is 0 Å². The smallest absolute Gasteiger partial charge is 0.373 e. The molecule has 0 radical (unpaired) electrons. The molecule has 5 nitrogen and oxygen atoms in total. The van der Waals surface area contributed by atoms with E-state index in [0.717, 1.165) is 22.2 Å². The highest BCUT2D eigenvalue weighted by molar-refractivity contribution is 5.97. The topological polar surface area (TPSA) is 78.9 Å². The zero-order valence-corrected chi connectivity index (χ0v) is 11.1. The van der Waals surface area contributed by atoms with Gasteiger partial charge in [-0.05, 0) is 26.0 Å². The van der Waals surface area contributed by atoms with E-state index in [9.17, 15) is 4.79 Å². The van der Waals surface area contributed by atoms with E-state index < -0.39 is 5.97 Å². The molecule has 0 spiro atoms. The summed E-state index contributed by atoms with van der Waals surface area (Å²) in [6, 6.07) is 9.68. The second-order valence-corrected chi connectivity index (χ2v) is 4.69. The number of aromatic carboxylic acids is 1. The number of hydrogen-bond donors (Lipinski definition) is 2. The van der Waals surface area contributed by atoms with Crippen LogP contribution in [-0.2, 0) is 0 Å². The van der Waals surface area contributed by atoms with Crippen LogP contribution < -0.4 is 0 Å². The summed E-state index contributed by atoms with van der Waals surface area (Å²) in [5, 5.41) is 10.1. The Balaban J connectivity index is 2.30. The van der Waals surface area contributed by atoms with Gasteiger partial charge in [0, 0.05) is 27.9 Å². The molecule has 2 aromatic heterocycles. The maximum absolute atomic E-state index is 11.1. The number of aromatic amines is 1. The van der Waals surface area contributed by atoms with Crippen LogP contribution in [0.1, 0.15) is 22.0 Å². The van der Waals surface area contributed by atoms with Crippen LogP contribution in [-0.4, -0.2) is 26.0 Å². The largest absolute Gasteiger partial charge is 0.475 e. The summed E-state index contributed by atoms with van der Waals surface area (Å²) in [6.45, 7) is 3.72. The van der Waals surface area contributed by atoms with Crippen LogP contribution in [0.3, 0.4) is 0 Å². The predicted molar refractivity (Wildman–Crippen MR) is 75.8 cm³/mol. The minimum Gasteiger partial charge on any atom is -0.475 e. The molecule has 2 N–H and O–H groups in total. The van der Waals surface area contributed by atoms with Gasteiger partial charge in [-0.1, -0.05) is 18.2 Å². The highest BCUT2D eigenvalue weighted by Gasteiger charge is 2.15. The van der Waals surface area contributed by atoms with Gasteiger partial charge in [-0.2, -0.15) is 0 Å². The molecule has 0 bridgehead atoms. The Bertz CT molecular complexity index is 821. The molecule has 0 atom stereocenters. The van der Waals surface area contributed by atoms with E-state index in [2.05, 4.69) is 15.0 Å². The van der Waals surface area contributed by atoms with E-state index in [1.807, 2.05) is 31.2 Å². The molecule has 3 rings (SSSR count). The number of H-pyrrole nitrogens is 1. The monoisotopic (exact) mass is 267 g/mol. The predicted octanol–water partition coefficient (Wildman–Crippen LogP) is 2.94. The number of aryl methyl sites for hydroxylation is 2. The first-order valence-electron chi connectivity index (χ1n) is 6.23. The lowest BCUT2D eigenvalue weighted by molar-refractivity contribution is 0.0683. The third-order valence-electron chi connectivity index (χ3n) is 3.20. The molecule has 2 heterocycles. The van der Waals surface area contributed by atoms with Crippen LogP contribution in [0, 0.1) is 13.8 Å². The summed E-state index contributed by atoms with van der Waals surface area (Å²) >= 11 is 0. The summed E-state index contributed by atoms with van der Waals surface area (Å²) in [6.07, 6.45) is 0. The van der Waals surface area contributed by atoms with Crippen molar-refractivity contribution < 1.29 is 9.90 Å². The zero-order chi connectivity index (χ0) is 14.3. The Morgan fingerprint density at radius 3 is 2.70 bits per heavy atom. The fraction of sp³-hybridized carbons (Fsp3) is 0.133. The highest BCUT2D eigenvalue weighted by atomic mass is 16.4. The Kier molecular flexibility index (Phi) is 2.75. The molecule has 3 aromatic rings. The Morgan fingerprint density at radius 1 is 1.20 bits per heavy atom. The van der Waals surface area contributed by atoms with Gasteiger partial charge in [0.1, 0.15) is 0 Å². The van der Waals surface area contributed by atoms with E-state index >= 15 is 0 Å². The highest BCUT2D eigenvalue weighted by Crippen LogP contribution is 2.31. The molecule has 0 saturated heterocycles. The second-order valence-electron chi connectivity index (χ2n) is 4.69. The summed E-state index contributed by atoms with van der Waals surface area (Å²) in [5.41, 5.74) is 4.16. The number of hydrogen-bond acceptors (Lipinski definition) is 3. The van der Waals surface area contributed by atoms with Gasteiger partial charge in [0.2, 0.25) is 5.82 Å². The van der Waals surface area contributed by atoms with Gasteiger partial charge in [0.05, 0.1) is 5.69 Å². The van der Waals surface area contributed by atoms with Crippen LogP contribution in [0.15, 0.2) is 30.3 Å². The van der Waals surface area contributed by atoms with Crippen molar-refractivity contribution in [2.45, 2.75) is 13.8 Å². The van der Waals surface area contributed by atoms with Crippen molar-refractivity contribution in [1.82, 2.24) is 15.0 Å². The number of carboxylic acids is 1. The SMILES string of the molecule is Cc1cc(-c2c(C)[nH]c3ccccc23)nc(C(=O)O)n1. The molecule has 0 fully saturated rings. The number of para-hydroxylation sites is 1. The van der Waals surface area contributed by atoms with Crippen LogP contribution >= 0.6 is 0 Å². The molecule has 0 aliphatic heterocycles. The van der Waals surface area contributed by atoms with Crippen LogP contribution in [0.25, 0.3) is 22.2 Å². The van der Waals surface area contributed by atoms with Crippen molar-refractivity contribution >= 4 is 16.9 Å². The van der Waals surface area contributed by atoms with Crippen LogP contribution in [0.2, 0.25) is 0 Å². The van der Waals surface area contributed by atoms with Crippen molar-refractivity contribution in [2.75, 3.05) is 0 Å². The number of nitrogens with one attached hydrogen (secondary N) is 1. The van der Waals surface area contributed by atoms with Crippen molar-refractivity contribution in [3.05, 3.63) is 47.5 Å². The second kappa shape index (κ2) is 4.45. The van der Waals surface area contributed by atoms with Crippen molar-refractivity contribution in [3.8, 4) is 11.3 Å². The molecule has 0 amide bonds. The van der Waals surface area contributed by atoms with E-state index in [-0.39, 0.29) is 5.82 Å². The van der Waals surface area contributed by atoms with E-state index in [4.69, 9.17) is 5.11 Å². The molecule has 5 heteroatoms. The maximum atomic E-state index is 11.1. The molecular weight excluding hydrogens is 254 g/mol. The number of carbonyl (C=O) groups is 1. The number of aromatic nitrogens is 3. The molecule has 20 heavy (non-hydrogen) atoms.